The van der Waals surface area contributed by atoms with Crippen LogP contribution in [0.15, 0.2) is 65.6 Å². The van der Waals surface area contributed by atoms with Gasteiger partial charge in [-0.3, -0.25) is 0 Å². The maximum Gasteiger partial charge on any atom is 0.243 e. The van der Waals surface area contributed by atoms with Gasteiger partial charge in [-0.1, -0.05) is 36.8 Å². The Hall–Kier alpha value is -2.77. The summed E-state index contributed by atoms with van der Waals surface area (Å²) in [5, 5.41) is 11.7. The van der Waals surface area contributed by atoms with Crippen molar-refractivity contribution in [1.29, 1.82) is 0 Å². The molecule has 1 fully saturated rings. The first-order valence-corrected chi connectivity index (χ1v) is 11.2. The molecule has 0 radical (unpaired) electrons. The van der Waals surface area contributed by atoms with Crippen molar-refractivity contribution in [2.75, 3.05) is 18.4 Å². The van der Waals surface area contributed by atoms with E-state index in [0.29, 0.717) is 29.5 Å². The molecule has 3 aromatic rings. The van der Waals surface area contributed by atoms with E-state index in [1.165, 1.54) is 0 Å². The van der Waals surface area contributed by atoms with Gasteiger partial charge in [0.25, 0.3) is 0 Å². The molecule has 0 amide bonds. The van der Waals surface area contributed by atoms with Gasteiger partial charge in [0.1, 0.15) is 0 Å². The molecule has 2 heterocycles. The van der Waals surface area contributed by atoms with Crippen LogP contribution in [-0.2, 0) is 10.0 Å². The molecule has 0 aliphatic carbocycles. The van der Waals surface area contributed by atoms with Gasteiger partial charge in [0.15, 0.2) is 5.82 Å². The van der Waals surface area contributed by atoms with Crippen molar-refractivity contribution in [2.45, 2.75) is 31.1 Å². The highest BCUT2D eigenvalue weighted by Crippen LogP contribution is 2.28. The van der Waals surface area contributed by atoms with Gasteiger partial charge in [0.05, 0.1) is 10.6 Å². The van der Waals surface area contributed by atoms with E-state index >= 15 is 0 Å². The summed E-state index contributed by atoms with van der Waals surface area (Å²) in [4.78, 5) is 0.352. The molecular weight excluding hydrogens is 384 g/mol. The monoisotopic (exact) mass is 408 g/mol. The number of para-hydroxylation sites is 1. The molecule has 1 N–H and O–H groups in total. The van der Waals surface area contributed by atoms with Gasteiger partial charge >= 0.3 is 0 Å². The number of piperidine rings is 1. The molecule has 1 aliphatic rings. The van der Waals surface area contributed by atoms with E-state index in [1.54, 1.807) is 10.4 Å². The molecule has 0 bridgehead atoms. The Morgan fingerprint density at radius 2 is 1.66 bits per heavy atom. The van der Waals surface area contributed by atoms with E-state index in [-0.39, 0.29) is 0 Å². The lowest BCUT2D eigenvalue weighted by Gasteiger charge is -2.26. The van der Waals surface area contributed by atoms with Crippen LogP contribution in [0.2, 0.25) is 0 Å². The fourth-order valence-corrected chi connectivity index (χ4v) is 5.27. The van der Waals surface area contributed by atoms with E-state index < -0.39 is 10.0 Å². The lowest BCUT2D eigenvalue weighted by molar-refractivity contribution is 0.346. The number of hydrogen-bond donors (Lipinski definition) is 1. The van der Waals surface area contributed by atoms with Crippen LogP contribution in [0.25, 0.3) is 11.3 Å². The predicted molar refractivity (Wildman–Crippen MR) is 115 cm³/mol. The van der Waals surface area contributed by atoms with Crippen molar-refractivity contribution < 1.29 is 8.42 Å². The highest BCUT2D eigenvalue weighted by atomic mass is 32.2. The minimum atomic E-state index is -3.50. The van der Waals surface area contributed by atoms with E-state index in [2.05, 4.69) is 15.5 Å². The fraction of sp³-hybridized carbons (Fsp3) is 0.273. The molecule has 4 rings (SSSR count). The number of anilines is 2. The smallest absolute Gasteiger partial charge is 0.243 e. The van der Waals surface area contributed by atoms with Crippen molar-refractivity contribution in [3.05, 3.63) is 66.2 Å². The summed E-state index contributed by atoms with van der Waals surface area (Å²) in [6, 6.07) is 18.9. The van der Waals surface area contributed by atoms with Crippen molar-refractivity contribution in [2.24, 2.45) is 0 Å². The Labute approximate surface area is 171 Å². The Morgan fingerprint density at radius 1 is 0.897 bits per heavy atom. The average molecular weight is 409 g/mol. The molecule has 150 valence electrons. The van der Waals surface area contributed by atoms with Crippen molar-refractivity contribution in [3.8, 4) is 11.3 Å². The van der Waals surface area contributed by atoms with Crippen LogP contribution in [0.5, 0.6) is 0 Å². The summed E-state index contributed by atoms with van der Waals surface area (Å²) in [6.45, 7) is 3.01. The first-order valence-electron chi connectivity index (χ1n) is 9.81. The minimum Gasteiger partial charge on any atom is -0.339 e. The van der Waals surface area contributed by atoms with Crippen molar-refractivity contribution in [1.82, 2.24) is 14.5 Å². The number of aromatic nitrogens is 2. The molecule has 0 unspecified atom stereocenters. The van der Waals surface area contributed by atoms with Gasteiger partial charge in [-0.05, 0) is 55.7 Å². The molecule has 1 saturated heterocycles. The van der Waals surface area contributed by atoms with Crippen LogP contribution in [-0.4, -0.2) is 36.0 Å². The number of nitrogens with zero attached hydrogens (tertiary/aromatic N) is 3. The number of rotatable bonds is 5. The molecule has 0 saturated carbocycles. The maximum absolute atomic E-state index is 13.1. The third kappa shape index (κ3) is 4.31. The van der Waals surface area contributed by atoms with Crippen LogP contribution in [0.3, 0.4) is 0 Å². The first kappa shape index (κ1) is 19.5. The third-order valence-electron chi connectivity index (χ3n) is 5.13. The lowest BCUT2D eigenvalue weighted by atomic mass is 10.1. The molecular formula is C22H24N4O2S. The molecule has 29 heavy (non-hydrogen) atoms. The molecule has 0 spiro atoms. The van der Waals surface area contributed by atoms with Crippen LogP contribution in [0, 0.1) is 6.92 Å². The molecule has 1 aliphatic heterocycles. The van der Waals surface area contributed by atoms with Gasteiger partial charge in [0.2, 0.25) is 10.0 Å². The standard InChI is InChI=1S/C22H24N4O2S/c1-17-10-11-18(16-21(17)29(27,28)26-14-6-3-7-15-26)20-12-13-22(25-24-20)23-19-8-4-2-5-9-19/h2,4-5,8-13,16H,3,6-7,14-15H2,1H3,(H,23,25). The van der Waals surface area contributed by atoms with E-state index in [9.17, 15) is 8.42 Å². The predicted octanol–water partition coefficient (Wildman–Crippen LogP) is 4.37. The number of nitrogens with one attached hydrogen (secondary N) is 1. The van der Waals surface area contributed by atoms with E-state index in [4.69, 9.17) is 0 Å². The Bertz CT molecular complexity index is 1080. The van der Waals surface area contributed by atoms with Crippen LogP contribution >= 0.6 is 0 Å². The minimum absolute atomic E-state index is 0.352. The zero-order valence-electron chi connectivity index (χ0n) is 16.4. The number of benzene rings is 2. The second kappa shape index (κ2) is 8.31. The Morgan fingerprint density at radius 3 is 2.34 bits per heavy atom. The summed E-state index contributed by atoms with van der Waals surface area (Å²) < 4.78 is 27.9. The SMILES string of the molecule is Cc1ccc(-c2ccc(Nc3ccccc3)nn2)cc1S(=O)(=O)N1CCCCC1. The third-order valence-corrected chi connectivity index (χ3v) is 7.17. The number of sulfonamides is 1. The van der Waals surface area contributed by atoms with Crippen LogP contribution in [0.4, 0.5) is 11.5 Å². The summed E-state index contributed by atoms with van der Waals surface area (Å²) in [7, 11) is -3.50. The quantitative estimate of drug-likeness (QED) is 0.678. The van der Waals surface area contributed by atoms with E-state index in [0.717, 1.165) is 36.1 Å². The zero-order chi connectivity index (χ0) is 20.3. The first-order chi connectivity index (χ1) is 14.0. The highest BCUT2D eigenvalue weighted by molar-refractivity contribution is 7.89. The number of hydrogen-bond acceptors (Lipinski definition) is 5. The van der Waals surface area contributed by atoms with Crippen LogP contribution < -0.4 is 5.32 Å². The zero-order valence-corrected chi connectivity index (χ0v) is 17.2. The topological polar surface area (TPSA) is 75.2 Å². The lowest BCUT2D eigenvalue weighted by Crippen LogP contribution is -2.35. The Kier molecular flexibility index (Phi) is 5.60. The van der Waals surface area contributed by atoms with Crippen molar-refractivity contribution in [3.63, 3.8) is 0 Å². The van der Waals surface area contributed by atoms with E-state index in [1.807, 2.05) is 61.5 Å². The summed E-state index contributed by atoms with van der Waals surface area (Å²) in [6.07, 6.45) is 2.92. The molecule has 7 heteroatoms. The van der Waals surface area contributed by atoms with Crippen LogP contribution in [0.1, 0.15) is 24.8 Å². The second-order valence-electron chi connectivity index (χ2n) is 7.24. The Balaban J connectivity index is 1.60. The highest BCUT2D eigenvalue weighted by Gasteiger charge is 2.27. The molecule has 0 atom stereocenters. The molecule has 2 aromatic carbocycles. The maximum atomic E-state index is 13.1. The van der Waals surface area contributed by atoms with Gasteiger partial charge in [-0.15, -0.1) is 10.2 Å². The number of aryl methyl sites for hydroxylation is 1. The van der Waals surface area contributed by atoms with Crippen molar-refractivity contribution >= 4 is 21.5 Å². The summed E-state index contributed by atoms with van der Waals surface area (Å²) >= 11 is 0. The van der Waals surface area contributed by atoms with Gasteiger partial charge < -0.3 is 5.32 Å². The largest absolute Gasteiger partial charge is 0.339 e. The summed E-state index contributed by atoms with van der Waals surface area (Å²) in [5.41, 5.74) is 3.05. The fourth-order valence-electron chi connectivity index (χ4n) is 3.50. The normalized spacial score (nSPS) is 15.2. The van der Waals surface area contributed by atoms with Gasteiger partial charge in [-0.25, -0.2) is 8.42 Å². The average Bonchev–Trinajstić information content (AvgIpc) is 2.76. The van der Waals surface area contributed by atoms with Gasteiger partial charge in [-0.2, -0.15) is 4.31 Å². The summed E-state index contributed by atoms with van der Waals surface area (Å²) in [5.74, 6) is 0.633. The molecule has 1 aromatic heterocycles. The second-order valence-corrected chi connectivity index (χ2v) is 9.15. The van der Waals surface area contributed by atoms with Gasteiger partial charge in [0, 0.05) is 24.3 Å². The molecule has 6 nitrogen and oxygen atoms in total.